The van der Waals surface area contributed by atoms with Gasteiger partial charge in [-0.2, -0.15) is 8.78 Å². The molecular weight excluding hydrogens is 484 g/mol. The van der Waals surface area contributed by atoms with E-state index < -0.39 is 18.7 Å². The fourth-order valence-corrected chi connectivity index (χ4v) is 4.19. The van der Waals surface area contributed by atoms with E-state index in [1.807, 2.05) is 0 Å². The molecule has 37 heavy (non-hydrogen) atoms. The van der Waals surface area contributed by atoms with Crippen molar-refractivity contribution in [2.75, 3.05) is 0 Å². The predicted molar refractivity (Wildman–Crippen MR) is 132 cm³/mol. The second-order valence-corrected chi connectivity index (χ2v) is 8.52. The number of halogens is 2. The summed E-state index contributed by atoms with van der Waals surface area (Å²) in [6.45, 7) is 2.14. The van der Waals surface area contributed by atoms with Crippen LogP contribution in [0.1, 0.15) is 40.9 Å². The molecule has 192 valence electrons. The minimum Gasteiger partial charge on any atom is -0.454 e. The zero-order chi connectivity index (χ0) is 26.7. The molecule has 1 unspecified atom stereocenters. The lowest BCUT2D eigenvalue weighted by molar-refractivity contribution is -0.146. The maximum atomic E-state index is 13.1. The van der Waals surface area contributed by atoms with E-state index in [-0.39, 0.29) is 29.9 Å². The van der Waals surface area contributed by atoms with Crippen LogP contribution in [0.2, 0.25) is 0 Å². The van der Waals surface area contributed by atoms with Gasteiger partial charge in [0.25, 0.3) is 5.56 Å². The summed E-state index contributed by atoms with van der Waals surface area (Å²) in [6.07, 6.45) is -0.947. The van der Waals surface area contributed by atoms with Gasteiger partial charge in [0.2, 0.25) is 5.78 Å². The van der Waals surface area contributed by atoms with Crippen molar-refractivity contribution in [2.45, 2.75) is 46.3 Å². The van der Waals surface area contributed by atoms with Crippen molar-refractivity contribution < 1.29 is 27.8 Å². The molecule has 0 radical (unpaired) electrons. The maximum Gasteiger partial charge on any atom is 0.387 e. The largest absolute Gasteiger partial charge is 0.454 e. The molecule has 0 amide bonds. The number of hydrogen-bond acceptors (Lipinski definition) is 6. The Morgan fingerprint density at radius 1 is 1.08 bits per heavy atom. The number of fused-ring (bicyclic) bond motifs is 1. The fourth-order valence-electron chi connectivity index (χ4n) is 4.19. The van der Waals surface area contributed by atoms with E-state index in [9.17, 15) is 23.2 Å². The number of para-hydroxylation sites is 1. The van der Waals surface area contributed by atoms with E-state index in [4.69, 9.17) is 4.74 Å². The summed E-state index contributed by atoms with van der Waals surface area (Å²) in [5, 5.41) is 0.461. The van der Waals surface area contributed by atoms with E-state index in [1.165, 1.54) is 19.1 Å². The number of Topliss-reactive ketones (excluding diaryl/α,β-unsaturated/α-hetero) is 1. The minimum absolute atomic E-state index is 0.0287. The van der Waals surface area contributed by atoms with Gasteiger partial charge < -0.3 is 19.0 Å². The van der Waals surface area contributed by atoms with Crippen LogP contribution in [0.3, 0.4) is 0 Å². The van der Waals surface area contributed by atoms with E-state index >= 15 is 0 Å². The van der Waals surface area contributed by atoms with Gasteiger partial charge in [0, 0.05) is 29.1 Å². The predicted octanol–water partition coefficient (Wildman–Crippen LogP) is 4.68. The van der Waals surface area contributed by atoms with Crippen LogP contribution in [0.25, 0.3) is 16.6 Å². The summed E-state index contributed by atoms with van der Waals surface area (Å²) >= 11 is 0. The third-order valence-corrected chi connectivity index (χ3v) is 5.92. The number of ether oxygens (including phenoxy) is 2. The smallest absolute Gasteiger partial charge is 0.387 e. The van der Waals surface area contributed by atoms with Gasteiger partial charge in [-0.3, -0.25) is 14.4 Å². The number of benzene rings is 2. The number of aryl methyl sites for hydroxylation is 2. The van der Waals surface area contributed by atoms with Gasteiger partial charge >= 0.3 is 12.6 Å². The molecule has 8 nitrogen and oxygen atoms in total. The lowest BCUT2D eigenvalue weighted by Crippen LogP contribution is -2.25. The molecule has 0 aliphatic heterocycles. The molecule has 10 heteroatoms. The number of esters is 1. The van der Waals surface area contributed by atoms with Crippen LogP contribution in [0.5, 0.6) is 5.75 Å². The summed E-state index contributed by atoms with van der Waals surface area (Å²) in [7, 11) is 0. The first-order valence-corrected chi connectivity index (χ1v) is 11.6. The molecule has 0 spiro atoms. The van der Waals surface area contributed by atoms with Gasteiger partial charge in [-0.05, 0) is 63.2 Å². The van der Waals surface area contributed by atoms with Gasteiger partial charge in [0.05, 0.1) is 17.3 Å². The van der Waals surface area contributed by atoms with Crippen LogP contribution >= 0.6 is 0 Å². The number of nitrogens with zero attached hydrogens (tertiary/aromatic N) is 2. The molecule has 1 N–H and O–H groups in total. The van der Waals surface area contributed by atoms with Crippen LogP contribution < -0.4 is 10.3 Å². The van der Waals surface area contributed by atoms with Crippen molar-refractivity contribution >= 4 is 22.7 Å². The first-order chi connectivity index (χ1) is 17.6. The number of rotatable bonds is 9. The standard InChI is InChI=1S/C27H25F2N3O5/c1-15-14-21(16(2)32(15)18-8-10-19(11-9-18)37-27(28)29)25(34)17(3)36-24(33)13-12-23-30-22-7-5-4-6-20(22)26(35)31-23/h4-11,14,17,27H,12-13H2,1-3H3,(H,30,31,35). The number of carbonyl (C=O) groups is 2. The van der Waals surface area contributed by atoms with Crippen molar-refractivity contribution in [1.82, 2.24) is 14.5 Å². The maximum absolute atomic E-state index is 13.1. The summed E-state index contributed by atoms with van der Waals surface area (Å²) in [4.78, 5) is 44.7. The lowest BCUT2D eigenvalue weighted by Gasteiger charge is -2.14. The normalized spacial score (nSPS) is 12.1. The number of alkyl halides is 2. The third-order valence-electron chi connectivity index (χ3n) is 5.92. The molecule has 2 aromatic heterocycles. The zero-order valence-corrected chi connectivity index (χ0v) is 20.5. The molecule has 0 saturated heterocycles. The zero-order valence-electron chi connectivity index (χ0n) is 20.5. The molecule has 0 fully saturated rings. The first kappa shape index (κ1) is 25.7. The average Bonchev–Trinajstić information content (AvgIpc) is 3.16. The Morgan fingerprint density at radius 3 is 2.49 bits per heavy atom. The second-order valence-electron chi connectivity index (χ2n) is 8.52. The highest BCUT2D eigenvalue weighted by atomic mass is 19.3. The molecule has 2 aromatic carbocycles. The van der Waals surface area contributed by atoms with Crippen molar-refractivity contribution in [3.05, 3.63) is 87.7 Å². The topological polar surface area (TPSA) is 103 Å². The second kappa shape index (κ2) is 10.7. The number of carbonyl (C=O) groups excluding carboxylic acids is 2. The number of aromatic amines is 1. The lowest BCUT2D eigenvalue weighted by atomic mass is 10.1. The van der Waals surface area contributed by atoms with Crippen LogP contribution in [-0.2, 0) is 16.0 Å². The van der Waals surface area contributed by atoms with Crippen molar-refractivity contribution in [1.29, 1.82) is 0 Å². The molecule has 2 heterocycles. The average molecular weight is 510 g/mol. The van der Waals surface area contributed by atoms with Gasteiger partial charge in [-0.25, -0.2) is 4.98 Å². The molecular formula is C27H25F2N3O5. The Morgan fingerprint density at radius 2 is 1.78 bits per heavy atom. The van der Waals surface area contributed by atoms with Crippen molar-refractivity contribution in [2.24, 2.45) is 0 Å². The van der Waals surface area contributed by atoms with E-state index in [0.29, 0.717) is 33.7 Å². The Hall–Kier alpha value is -4.34. The van der Waals surface area contributed by atoms with Crippen molar-refractivity contribution in [3.63, 3.8) is 0 Å². The minimum atomic E-state index is -2.92. The van der Waals surface area contributed by atoms with Crippen LogP contribution in [-0.4, -0.2) is 39.0 Å². The number of aromatic nitrogens is 3. The molecule has 0 bridgehead atoms. The number of H-pyrrole nitrogens is 1. The Kier molecular flexibility index (Phi) is 7.47. The van der Waals surface area contributed by atoms with Crippen LogP contribution in [0.15, 0.2) is 59.4 Å². The van der Waals surface area contributed by atoms with Gasteiger partial charge in [0.1, 0.15) is 11.6 Å². The third kappa shape index (κ3) is 5.74. The highest BCUT2D eigenvalue weighted by Crippen LogP contribution is 2.25. The highest BCUT2D eigenvalue weighted by molar-refractivity contribution is 6.01. The fraction of sp³-hybridized carbons (Fsp3) is 0.259. The SMILES string of the molecule is Cc1cc(C(=O)C(C)OC(=O)CCc2nc3ccccc3c(=O)[nH]2)c(C)n1-c1ccc(OC(F)F)cc1. The van der Waals surface area contributed by atoms with Crippen LogP contribution in [0, 0.1) is 13.8 Å². The van der Waals surface area contributed by atoms with Crippen LogP contribution in [0.4, 0.5) is 8.78 Å². The molecule has 4 rings (SSSR count). The summed E-state index contributed by atoms with van der Waals surface area (Å²) in [6, 6.07) is 14.7. The summed E-state index contributed by atoms with van der Waals surface area (Å²) in [5.41, 5.74) is 2.65. The monoisotopic (exact) mass is 509 g/mol. The molecule has 0 saturated carbocycles. The molecule has 0 aliphatic rings. The Balaban J connectivity index is 1.42. The highest BCUT2D eigenvalue weighted by Gasteiger charge is 2.24. The van der Waals surface area contributed by atoms with Gasteiger partial charge in [0.15, 0.2) is 6.10 Å². The number of hydrogen-bond donors (Lipinski definition) is 1. The Labute approximate surface area is 210 Å². The molecule has 1 atom stereocenters. The summed E-state index contributed by atoms with van der Waals surface area (Å²) < 4.78 is 36.4. The number of ketones is 1. The Bertz CT molecular complexity index is 1510. The molecule has 4 aromatic rings. The number of nitrogens with one attached hydrogen (secondary N) is 1. The molecule has 0 aliphatic carbocycles. The summed E-state index contributed by atoms with van der Waals surface area (Å²) in [5.74, 6) is -0.586. The van der Waals surface area contributed by atoms with Crippen molar-refractivity contribution in [3.8, 4) is 11.4 Å². The van der Waals surface area contributed by atoms with E-state index in [1.54, 1.807) is 60.9 Å². The van der Waals surface area contributed by atoms with Gasteiger partial charge in [-0.1, -0.05) is 12.1 Å². The van der Waals surface area contributed by atoms with E-state index in [0.717, 1.165) is 5.69 Å². The van der Waals surface area contributed by atoms with Gasteiger partial charge in [-0.15, -0.1) is 0 Å². The van der Waals surface area contributed by atoms with E-state index in [2.05, 4.69) is 14.7 Å². The quantitative estimate of drug-likeness (QED) is 0.260. The first-order valence-electron chi connectivity index (χ1n) is 11.6.